The van der Waals surface area contributed by atoms with Crippen LogP contribution in [0.25, 0.3) is 22.4 Å². The molecule has 0 saturated carbocycles. The van der Waals surface area contributed by atoms with Gasteiger partial charge >= 0.3 is 6.18 Å². The van der Waals surface area contributed by atoms with Crippen molar-refractivity contribution in [2.24, 2.45) is 0 Å². The predicted molar refractivity (Wildman–Crippen MR) is 143 cm³/mol. The molecule has 0 aliphatic rings. The molecule has 5 aromatic rings. The highest BCUT2D eigenvalue weighted by Gasteiger charge is 2.34. The Labute approximate surface area is 230 Å². The normalized spacial score (nSPS) is 11.7. The molecule has 0 aliphatic heterocycles. The summed E-state index contributed by atoms with van der Waals surface area (Å²) < 4.78 is 55.5. The molecule has 0 fully saturated rings. The van der Waals surface area contributed by atoms with Gasteiger partial charge in [0.05, 0.1) is 29.1 Å². The molecule has 0 spiro atoms. The number of aromatic nitrogens is 5. The maximum Gasteiger partial charge on any atom is 0.416 e. The van der Waals surface area contributed by atoms with E-state index in [1.807, 2.05) is 6.07 Å². The van der Waals surface area contributed by atoms with Crippen LogP contribution in [0.1, 0.15) is 35.3 Å². The zero-order valence-corrected chi connectivity index (χ0v) is 21.5. The quantitative estimate of drug-likeness (QED) is 0.206. The third-order valence-corrected chi connectivity index (χ3v) is 6.28. The first-order valence-electron chi connectivity index (χ1n) is 12.1. The van der Waals surface area contributed by atoms with E-state index in [1.165, 1.54) is 50.9 Å². The van der Waals surface area contributed by atoms with Gasteiger partial charge in [0.15, 0.2) is 5.65 Å². The number of hydrogen-bond donors (Lipinski definition) is 3. The minimum Gasteiger partial charge on any atom is -0.340 e. The Bertz CT molecular complexity index is 1820. The van der Waals surface area contributed by atoms with Crippen molar-refractivity contribution in [3.05, 3.63) is 89.9 Å². The number of alkyl halides is 3. The summed E-state index contributed by atoms with van der Waals surface area (Å²) >= 11 is 0. The second kappa shape index (κ2) is 10.3. The largest absolute Gasteiger partial charge is 0.416 e. The summed E-state index contributed by atoms with van der Waals surface area (Å²) in [4.78, 5) is 33.0. The zero-order valence-electron chi connectivity index (χ0n) is 21.5. The van der Waals surface area contributed by atoms with Crippen LogP contribution in [-0.4, -0.2) is 30.8 Å². The van der Waals surface area contributed by atoms with Gasteiger partial charge in [-0.05, 0) is 67.9 Å². The lowest BCUT2D eigenvalue weighted by atomic mass is 9.84. The van der Waals surface area contributed by atoms with Crippen LogP contribution in [0.3, 0.4) is 0 Å². The lowest BCUT2D eigenvalue weighted by Crippen LogP contribution is -2.20. The molecule has 5 rings (SSSR count). The number of hydrogen-bond acceptors (Lipinski definition) is 7. The van der Waals surface area contributed by atoms with E-state index in [9.17, 15) is 27.6 Å². The van der Waals surface area contributed by atoms with E-state index < -0.39 is 28.9 Å². The molecule has 2 aromatic carbocycles. The van der Waals surface area contributed by atoms with E-state index >= 15 is 0 Å². The molecule has 13 heteroatoms. The number of nitrogens with zero attached hydrogens (tertiary/aromatic N) is 5. The highest BCUT2D eigenvalue weighted by Crippen LogP contribution is 2.35. The summed E-state index contributed by atoms with van der Waals surface area (Å²) in [5.74, 6) is -1.45. The first kappa shape index (κ1) is 27.2. The highest BCUT2D eigenvalue weighted by atomic mass is 19.4. The van der Waals surface area contributed by atoms with Gasteiger partial charge < -0.3 is 15.6 Å². The van der Waals surface area contributed by atoms with Crippen molar-refractivity contribution in [2.45, 2.75) is 25.4 Å². The van der Waals surface area contributed by atoms with E-state index in [1.54, 1.807) is 12.1 Å². The van der Waals surface area contributed by atoms with Gasteiger partial charge in [-0.2, -0.15) is 18.4 Å². The zero-order chi connectivity index (χ0) is 29.4. The van der Waals surface area contributed by atoms with Crippen LogP contribution >= 0.6 is 0 Å². The van der Waals surface area contributed by atoms with Gasteiger partial charge in [0.25, 0.3) is 5.91 Å². The fourth-order valence-corrected chi connectivity index (χ4v) is 4.04. The molecule has 0 radical (unpaired) electrons. The van der Waals surface area contributed by atoms with Gasteiger partial charge in [0, 0.05) is 23.0 Å². The fourth-order valence-electron chi connectivity index (χ4n) is 4.04. The molecule has 3 heterocycles. The number of rotatable bonds is 6. The first-order chi connectivity index (χ1) is 19.5. The second-order valence-electron chi connectivity index (χ2n) is 9.53. The molecule has 3 aromatic heterocycles. The van der Waals surface area contributed by atoms with Crippen LogP contribution in [0.4, 0.5) is 34.8 Å². The molecule has 0 aliphatic carbocycles. The number of pyridine rings is 1. The molecule has 0 bridgehead atoms. The Morgan fingerprint density at radius 1 is 1.00 bits per heavy atom. The van der Waals surface area contributed by atoms with Crippen LogP contribution in [0, 0.1) is 17.1 Å². The number of carbonyl (C=O) groups excluding carboxylic acids is 1. The molecule has 41 heavy (non-hydrogen) atoms. The maximum absolute atomic E-state index is 14.7. The number of benzene rings is 2. The number of halogens is 4. The minimum atomic E-state index is -4.77. The van der Waals surface area contributed by atoms with Crippen molar-refractivity contribution in [2.75, 3.05) is 10.6 Å². The molecule has 0 saturated heterocycles. The lowest BCUT2D eigenvalue weighted by Gasteiger charge is -2.19. The average Bonchev–Trinajstić information content (AvgIpc) is 3.44. The molecule has 9 nitrogen and oxygen atoms in total. The standard InChI is InChI=1S/C28H20F4N8O/c1-27(2,12-33)16-8-15(9-17(10-16)28(30,31)32)26(41)40-21-11-18(5-6-20(21)29)39-24-19(4-3-7-34-24)22-23-25(37-13-35-22)38-14-36-23/h3-11,13-14H,1-2H3,(H,34,39)(H,40,41)(H,35,36,37,38). The van der Waals surface area contributed by atoms with Crippen LogP contribution in [0.2, 0.25) is 0 Å². The summed E-state index contributed by atoms with van der Waals surface area (Å²) in [6.07, 6.45) is -0.378. The fraction of sp³-hybridized carbons (Fsp3) is 0.143. The van der Waals surface area contributed by atoms with Crippen LogP contribution < -0.4 is 10.6 Å². The van der Waals surface area contributed by atoms with Crippen molar-refractivity contribution >= 4 is 34.3 Å². The third kappa shape index (κ3) is 5.53. The summed E-state index contributed by atoms with van der Waals surface area (Å²) in [6, 6.07) is 11.8. The highest BCUT2D eigenvalue weighted by molar-refractivity contribution is 6.05. The van der Waals surface area contributed by atoms with Gasteiger partial charge in [0.1, 0.15) is 29.2 Å². The summed E-state index contributed by atoms with van der Waals surface area (Å²) in [6.45, 7) is 2.87. The van der Waals surface area contributed by atoms with Crippen molar-refractivity contribution in [1.29, 1.82) is 5.26 Å². The van der Waals surface area contributed by atoms with E-state index in [0.29, 0.717) is 40.0 Å². The molecular weight excluding hydrogens is 540 g/mol. The number of amides is 1. The van der Waals surface area contributed by atoms with Gasteiger partial charge in [-0.25, -0.2) is 24.3 Å². The Kier molecular flexibility index (Phi) is 6.84. The number of anilines is 3. The van der Waals surface area contributed by atoms with Gasteiger partial charge in [-0.15, -0.1) is 0 Å². The predicted octanol–water partition coefficient (Wildman–Crippen LogP) is 6.37. The summed E-state index contributed by atoms with van der Waals surface area (Å²) in [7, 11) is 0. The van der Waals surface area contributed by atoms with Crippen molar-refractivity contribution in [3.63, 3.8) is 0 Å². The Hall–Kier alpha value is -5.38. The maximum atomic E-state index is 14.7. The minimum absolute atomic E-state index is 0.00529. The topological polar surface area (TPSA) is 132 Å². The average molecular weight is 561 g/mol. The van der Waals surface area contributed by atoms with Crippen LogP contribution in [0.15, 0.2) is 67.4 Å². The third-order valence-electron chi connectivity index (χ3n) is 6.28. The smallest absolute Gasteiger partial charge is 0.340 e. The Morgan fingerprint density at radius 3 is 2.54 bits per heavy atom. The lowest BCUT2D eigenvalue weighted by molar-refractivity contribution is -0.137. The molecule has 206 valence electrons. The molecular formula is C28H20F4N8O. The Morgan fingerprint density at radius 2 is 1.78 bits per heavy atom. The summed E-state index contributed by atoms with van der Waals surface area (Å²) in [5, 5.41) is 14.8. The number of H-pyrrole nitrogens is 1. The number of aromatic amines is 1. The molecule has 0 unspecified atom stereocenters. The number of nitrogens with one attached hydrogen (secondary N) is 3. The molecule has 0 atom stereocenters. The van der Waals surface area contributed by atoms with Crippen molar-refractivity contribution in [3.8, 4) is 17.3 Å². The van der Waals surface area contributed by atoms with Gasteiger partial charge in [0.2, 0.25) is 0 Å². The monoisotopic (exact) mass is 560 g/mol. The van der Waals surface area contributed by atoms with E-state index in [-0.39, 0.29) is 16.8 Å². The number of carbonyl (C=O) groups is 1. The molecule has 1 amide bonds. The second-order valence-corrected chi connectivity index (χ2v) is 9.53. The number of imidazole rings is 1. The van der Waals surface area contributed by atoms with Gasteiger partial charge in [-0.3, -0.25) is 4.79 Å². The van der Waals surface area contributed by atoms with Crippen molar-refractivity contribution < 1.29 is 22.4 Å². The van der Waals surface area contributed by atoms with E-state index in [0.717, 1.165) is 12.1 Å². The van der Waals surface area contributed by atoms with E-state index in [2.05, 4.69) is 35.6 Å². The van der Waals surface area contributed by atoms with Crippen LogP contribution in [-0.2, 0) is 11.6 Å². The SMILES string of the molecule is CC(C)(C#N)c1cc(C(=O)Nc2cc(Nc3ncccc3-c3ncnc4[nH]cnc34)ccc2F)cc(C(F)(F)F)c1. The van der Waals surface area contributed by atoms with Crippen LogP contribution in [0.5, 0.6) is 0 Å². The first-order valence-corrected chi connectivity index (χ1v) is 12.1. The van der Waals surface area contributed by atoms with E-state index in [4.69, 9.17) is 0 Å². The molecule has 3 N–H and O–H groups in total. The van der Waals surface area contributed by atoms with Crippen molar-refractivity contribution in [1.82, 2.24) is 24.9 Å². The Balaban J connectivity index is 1.46. The summed E-state index contributed by atoms with van der Waals surface area (Å²) in [5.41, 5.74) is -0.666. The number of nitriles is 1. The number of fused-ring (bicyclic) bond motifs is 1. The van der Waals surface area contributed by atoms with Gasteiger partial charge in [-0.1, -0.05) is 0 Å².